The highest BCUT2D eigenvalue weighted by molar-refractivity contribution is 5.31. The first kappa shape index (κ1) is 14.7. The van der Waals surface area contributed by atoms with E-state index in [0.717, 1.165) is 16.7 Å². The van der Waals surface area contributed by atoms with Gasteiger partial charge in [-0.3, -0.25) is 0 Å². The average Bonchev–Trinajstić information content (AvgIpc) is 2.38. The first-order valence-corrected chi connectivity index (χ1v) is 6.68. The normalized spacial score (nSPS) is 10.8. The molecule has 0 fully saturated rings. The van der Waals surface area contributed by atoms with Crippen molar-refractivity contribution in [3.8, 4) is 0 Å². The Bertz CT molecular complexity index is 597. The van der Waals surface area contributed by atoms with E-state index in [0.29, 0.717) is 24.2 Å². The third-order valence-corrected chi connectivity index (χ3v) is 3.45. The summed E-state index contributed by atoms with van der Waals surface area (Å²) in [5.74, 6) is -0.348. The lowest BCUT2D eigenvalue weighted by molar-refractivity contribution is 0.605. The summed E-state index contributed by atoms with van der Waals surface area (Å²) in [5, 5.41) is 3.31. The molecule has 106 valence electrons. The minimum Gasteiger partial charge on any atom is -0.309 e. The predicted octanol–water partition coefficient (Wildman–Crippen LogP) is 4.18. The third-order valence-electron chi connectivity index (χ3n) is 3.45. The summed E-state index contributed by atoms with van der Waals surface area (Å²) in [6.07, 6.45) is 0. The van der Waals surface area contributed by atoms with Gasteiger partial charge in [0.2, 0.25) is 0 Å². The van der Waals surface area contributed by atoms with Gasteiger partial charge in [0.1, 0.15) is 11.6 Å². The van der Waals surface area contributed by atoms with Gasteiger partial charge < -0.3 is 5.32 Å². The Kier molecular flexibility index (Phi) is 4.50. The van der Waals surface area contributed by atoms with Crippen LogP contribution in [0.2, 0.25) is 0 Å². The number of aryl methyl sites for hydroxylation is 3. The molecule has 0 unspecified atom stereocenters. The Labute approximate surface area is 118 Å². The fourth-order valence-electron chi connectivity index (χ4n) is 2.34. The lowest BCUT2D eigenvalue weighted by Crippen LogP contribution is -2.14. The fraction of sp³-hybridized carbons (Fsp3) is 0.294. The van der Waals surface area contributed by atoms with Gasteiger partial charge in [0.15, 0.2) is 0 Å². The highest BCUT2D eigenvalue weighted by atomic mass is 19.1. The summed E-state index contributed by atoms with van der Waals surface area (Å²) >= 11 is 0. The van der Waals surface area contributed by atoms with E-state index in [1.807, 2.05) is 19.1 Å². The molecule has 1 N–H and O–H groups in total. The molecule has 0 bridgehead atoms. The van der Waals surface area contributed by atoms with E-state index in [1.165, 1.54) is 12.1 Å². The van der Waals surface area contributed by atoms with Crippen molar-refractivity contribution in [2.24, 2.45) is 0 Å². The maximum absolute atomic E-state index is 13.5. The van der Waals surface area contributed by atoms with Crippen molar-refractivity contribution in [2.45, 2.75) is 33.9 Å². The van der Waals surface area contributed by atoms with Crippen LogP contribution in [0.4, 0.5) is 8.78 Å². The van der Waals surface area contributed by atoms with Gasteiger partial charge >= 0.3 is 0 Å². The topological polar surface area (TPSA) is 12.0 Å². The molecular formula is C17H19F2N. The molecular weight excluding hydrogens is 256 g/mol. The van der Waals surface area contributed by atoms with Crippen molar-refractivity contribution in [3.05, 3.63) is 69.8 Å². The third kappa shape index (κ3) is 3.42. The smallest absolute Gasteiger partial charge is 0.129 e. The van der Waals surface area contributed by atoms with Gasteiger partial charge in [0.25, 0.3) is 0 Å². The number of hydrogen-bond acceptors (Lipinski definition) is 1. The molecule has 0 saturated heterocycles. The van der Waals surface area contributed by atoms with Crippen LogP contribution in [0.5, 0.6) is 0 Å². The highest BCUT2D eigenvalue weighted by Gasteiger charge is 2.05. The second-order valence-corrected chi connectivity index (χ2v) is 5.22. The molecule has 0 aromatic heterocycles. The van der Waals surface area contributed by atoms with Crippen molar-refractivity contribution in [1.29, 1.82) is 0 Å². The highest BCUT2D eigenvalue weighted by Crippen LogP contribution is 2.15. The van der Waals surface area contributed by atoms with Gasteiger partial charge in [-0.2, -0.15) is 0 Å². The molecule has 0 amide bonds. The SMILES string of the molecule is Cc1cc(F)ccc1CNCc1cc(C)c(F)c(C)c1. The fourth-order valence-corrected chi connectivity index (χ4v) is 2.34. The standard InChI is InChI=1S/C17H19F2N/c1-11-8-16(18)5-4-15(11)10-20-9-14-6-12(2)17(19)13(3)7-14/h4-8,20H,9-10H2,1-3H3. The minimum atomic E-state index is -0.212. The summed E-state index contributed by atoms with van der Waals surface area (Å²) in [7, 11) is 0. The zero-order chi connectivity index (χ0) is 14.7. The maximum atomic E-state index is 13.5. The molecule has 0 saturated carbocycles. The number of rotatable bonds is 4. The molecule has 0 aliphatic heterocycles. The lowest BCUT2D eigenvalue weighted by atomic mass is 10.1. The molecule has 0 radical (unpaired) electrons. The van der Waals surface area contributed by atoms with Gasteiger partial charge in [-0.25, -0.2) is 8.78 Å². The van der Waals surface area contributed by atoms with Gasteiger partial charge in [-0.15, -0.1) is 0 Å². The summed E-state index contributed by atoms with van der Waals surface area (Å²) in [6, 6.07) is 8.50. The molecule has 1 nitrogen and oxygen atoms in total. The number of nitrogens with one attached hydrogen (secondary N) is 1. The first-order chi connectivity index (χ1) is 9.47. The van der Waals surface area contributed by atoms with Crippen LogP contribution >= 0.6 is 0 Å². The van der Waals surface area contributed by atoms with E-state index in [9.17, 15) is 8.78 Å². The minimum absolute atomic E-state index is 0.136. The summed E-state index contributed by atoms with van der Waals surface area (Å²) in [6.45, 7) is 6.78. The van der Waals surface area contributed by atoms with Crippen molar-refractivity contribution < 1.29 is 8.78 Å². The van der Waals surface area contributed by atoms with Crippen LogP contribution in [0.15, 0.2) is 30.3 Å². The Morgan fingerprint density at radius 2 is 1.50 bits per heavy atom. The van der Waals surface area contributed by atoms with E-state index in [1.54, 1.807) is 19.9 Å². The summed E-state index contributed by atoms with van der Waals surface area (Å²) in [4.78, 5) is 0. The Balaban J connectivity index is 1.99. The Hall–Kier alpha value is -1.74. The molecule has 0 spiro atoms. The van der Waals surface area contributed by atoms with Crippen molar-refractivity contribution in [3.63, 3.8) is 0 Å². The molecule has 0 aliphatic carbocycles. The van der Waals surface area contributed by atoms with E-state index in [2.05, 4.69) is 5.32 Å². The number of halogens is 2. The van der Waals surface area contributed by atoms with Gasteiger partial charge in [-0.1, -0.05) is 18.2 Å². The Morgan fingerprint density at radius 1 is 0.850 bits per heavy atom. The second-order valence-electron chi connectivity index (χ2n) is 5.22. The molecule has 2 rings (SSSR count). The van der Waals surface area contributed by atoms with E-state index in [-0.39, 0.29) is 11.6 Å². The van der Waals surface area contributed by atoms with E-state index in [4.69, 9.17) is 0 Å². The average molecular weight is 275 g/mol. The van der Waals surface area contributed by atoms with Gasteiger partial charge in [-0.05, 0) is 60.7 Å². The molecule has 2 aromatic rings. The molecule has 0 atom stereocenters. The number of hydrogen-bond donors (Lipinski definition) is 1. The van der Waals surface area contributed by atoms with Crippen LogP contribution in [0.25, 0.3) is 0 Å². The molecule has 3 heteroatoms. The van der Waals surface area contributed by atoms with Crippen LogP contribution in [0.3, 0.4) is 0 Å². The van der Waals surface area contributed by atoms with E-state index < -0.39 is 0 Å². The predicted molar refractivity (Wildman–Crippen MR) is 77.6 cm³/mol. The Morgan fingerprint density at radius 3 is 2.10 bits per heavy atom. The maximum Gasteiger partial charge on any atom is 0.129 e. The zero-order valence-electron chi connectivity index (χ0n) is 12.1. The monoisotopic (exact) mass is 275 g/mol. The first-order valence-electron chi connectivity index (χ1n) is 6.68. The molecule has 20 heavy (non-hydrogen) atoms. The molecule has 2 aromatic carbocycles. The summed E-state index contributed by atoms with van der Waals surface area (Å²) in [5.41, 5.74) is 4.40. The van der Waals surface area contributed by atoms with Crippen LogP contribution < -0.4 is 5.32 Å². The van der Waals surface area contributed by atoms with Crippen molar-refractivity contribution in [2.75, 3.05) is 0 Å². The largest absolute Gasteiger partial charge is 0.309 e. The van der Waals surface area contributed by atoms with Crippen molar-refractivity contribution >= 4 is 0 Å². The van der Waals surface area contributed by atoms with Crippen LogP contribution in [0, 0.1) is 32.4 Å². The number of benzene rings is 2. The molecule has 0 aliphatic rings. The van der Waals surface area contributed by atoms with E-state index >= 15 is 0 Å². The second kappa shape index (κ2) is 6.14. The lowest BCUT2D eigenvalue weighted by Gasteiger charge is -2.10. The van der Waals surface area contributed by atoms with Crippen LogP contribution in [0.1, 0.15) is 27.8 Å². The van der Waals surface area contributed by atoms with Crippen LogP contribution in [-0.4, -0.2) is 0 Å². The van der Waals surface area contributed by atoms with Gasteiger partial charge in [0, 0.05) is 13.1 Å². The zero-order valence-corrected chi connectivity index (χ0v) is 12.1. The molecule has 0 heterocycles. The van der Waals surface area contributed by atoms with Crippen LogP contribution in [-0.2, 0) is 13.1 Å². The summed E-state index contributed by atoms with van der Waals surface area (Å²) < 4.78 is 26.5. The van der Waals surface area contributed by atoms with Gasteiger partial charge in [0.05, 0.1) is 0 Å². The van der Waals surface area contributed by atoms with Crippen molar-refractivity contribution in [1.82, 2.24) is 5.32 Å². The quantitative estimate of drug-likeness (QED) is 0.882.